The Kier molecular flexibility index (Phi) is 6.71. The van der Waals surface area contributed by atoms with Crippen LogP contribution in [0.2, 0.25) is 0 Å². The van der Waals surface area contributed by atoms with Crippen LogP contribution >= 0.6 is 12.2 Å². The number of nitrogens with one attached hydrogen (secondary N) is 2. The van der Waals surface area contributed by atoms with Crippen molar-refractivity contribution in [1.82, 2.24) is 5.32 Å². The maximum Gasteiger partial charge on any atom is 0.338 e. The van der Waals surface area contributed by atoms with E-state index in [1.165, 1.54) is 24.6 Å². The Morgan fingerprint density at radius 3 is 2.36 bits per heavy atom. The van der Waals surface area contributed by atoms with Crippen molar-refractivity contribution < 1.29 is 18.7 Å². The highest BCUT2D eigenvalue weighted by Gasteiger charge is 2.18. The molecule has 1 aliphatic rings. The third-order valence-corrected chi connectivity index (χ3v) is 4.75. The van der Waals surface area contributed by atoms with Crippen molar-refractivity contribution in [2.75, 3.05) is 5.32 Å². The van der Waals surface area contributed by atoms with E-state index in [2.05, 4.69) is 10.6 Å². The number of anilines is 1. The maximum absolute atomic E-state index is 13.6. The normalized spacial score (nSPS) is 14.2. The van der Waals surface area contributed by atoms with Gasteiger partial charge < -0.3 is 10.1 Å². The first-order valence-electron chi connectivity index (χ1n) is 9.21. The Morgan fingerprint density at radius 1 is 1.00 bits per heavy atom. The van der Waals surface area contributed by atoms with Crippen LogP contribution in [0.25, 0.3) is 0 Å². The summed E-state index contributed by atoms with van der Waals surface area (Å²) in [6.45, 7) is 0. The van der Waals surface area contributed by atoms with Gasteiger partial charge in [0, 0.05) is 5.69 Å². The minimum Gasteiger partial charge on any atom is -0.459 e. The lowest BCUT2D eigenvalue weighted by molar-refractivity contribution is 0.0211. The number of rotatable bonds is 4. The molecule has 0 atom stereocenters. The van der Waals surface area contributed by atoms with Crippen LogP contribution in [0.15, 0.2) is 48.5 Å². The average molecular weight is 400 g/mol. The summed E-state index contributed by atoms with van der Waals surface area (Å²) in [5.41, 5.74) is 0.956. The van der Waals surface area contributed by atoms with E-state index in [-0.39, 0.29) is 22.7 Å². The van der Waals surface area contributed by atoms with Crippen LogP contribution in [0.3, 0.4) is 0 Å². The number of thiocarbonyl (C=S) groups is 1. The largest absolute Gasteiger partial charge is 0.459 e. The van der Waals surface area contributed by atoms with E-state index >= 15 is 0 Å². The summed E-state index contributed by atoms with van der Waals surface area (Å²) in [4.78, 5) is 24.3. The SMILES string of the molecule is O=C(OC1CCCCC1)c1ccc(NC(=S)NC(=O)c2ccccc2F)cc1. The van der Waals surface area contributed by atoms with Gasteiger partial charge in [-0.05, 0) is 74.3 Å². The zero-order chi connectivity index (χ0) is 19.9. The molecule has 0 heterocycles. The van der Waals surface area contributed by atoms with Gasteiger partial charge in [-0.15, -0.1) is 0 Å². The van der Waals surface area contributed by atoms with Crippen LogP contribution in [0.1, 0.15) is 52.8 Å². The van der Waals surface area contributed by atoms with Crippen LogP contribution in [0, 0.1) is 5.82 Å². The minimum absolute atomic E-state index is 0.000207. The van der Waals surface area contributed by atoms with Crippen molar-refractivity contribution in [3.63, 3.8) is 0 Å². The van der Waals surface area contributed by atoms with Crippen LogP contribution in [-0.4, -0.2) is 23.1 Å². The molecule has 146 valence electrons. The molecule has 0 aliphatic heterocycles. The number of esters is 1. The van der Waals surface area contributed by atoms with Crippen molar-refractivity contribution in [3.05, 3.63) is 65.5 Å². The third-order valence-electron chi connectivity index (χ3n) is 4.55. The molecular weight excluding hydrogens is 379 g/mol. The summed E-state index contributed by atoms with van der Waals surface area (Å²) < 4.78 is 19.2. The predicted octanol–water partition coefficient (Wildman–Crippen LogP) is 4.44. The Morgan fingerprint density at radius 2 is 1.68 bits per heavy atom. The number of carbonyl (C=O) groups excluding carboxylic acids is 2. The molecule has 7 heteroatoms. The number of hydrogen-bond donors (Lipinski definition) is 2. The predicted molar refractivity (Wildman–Crippen MR) is 109 cm³/mol. The quantitative estimate of drug-likeness (QED) is 0.587. The molecule has 5 nitrogen and oxygen atoms in total. The molecule has 0 unspecified atom stereocenters. The lowest BCUT2D eigenvalue weighted by atomic mass is 9.98. The summed E-state index contributed by atoms with van der Waals surface area (Å²) in [5, 5.41) is 5.29. The summed E-state index contributed by atoms with van der Waals surface area (Å²) in [5.74, 6) is -1.60. The van der Waals surface area contributed by atoms with Crippen LogP contribution in [0.5, 0.6) is 0 Å². The Bertz CT molecular complexity index is 864. The fraction of sp³-hybridized carbons (Fsp3) is 0.286. The molecule has 1 amide bonds. The van der Waals surface area contributed by atoms with Gasteiger partial charge in [0.15, 0.2) is 5.11 Å². The molecule has 0 spiro atoms. The monoisotopic (exact) mass is 400 g/mol. The van der Waals surface area contributed by atoms with Crippen molar-refractivity contribution in [2.45, 2.75) is 38.2 Å². The molecule has 2 aromatic carbocycles. The second-order valence-corrected chi connectivity index (χ2v) is 7.04. The summed E-state index contributed by atoms with van der Waals surface area (Å²) in [7, 11) is 0. The van der Waals surface area contributed by atoms with Crippen LogP contribution in [0.4, 0.5) is 10.1 Å². The van der Waals surface area contributed by atoms with Gasteiger partial charge in [-0.1, -0.05) is 18.6 Å². The molecule has 2 aromatic rings. The minimum atomic E-state index is -0.636. The summed E-state index contributed by atoms with van der Waals surface area (Å²) in [6, 6.07) is 12.3. The van der Waals surface area contributed by atoms with Gasteiger partial charge in [-0.25, -0.2) is 9.18 Å². The number of halogens is 1. The van der Waals surface area contributed by atoms with Gasteiger partial charge in [-0.2, -0.15) is 0 Å². The molecule has 1 saturated carbocycles. The Balaban J connectivity index is 1.53. The third kappa shape index (κ3) is 5.36. The van der Waals surface area contributed by atoms with Gasteiger partial charge in [0.2, 0.25) is 0 Å². The smallest absolute Gasteiger partial charge is 0.338 e. The molecule has 0 saturated heterocycles. The Labute approximate surface area is 168 Å². The lowest BCUT2D eigenvalue weighted by Gasteiger charge is -2.21. The molecule has 3 rings (SSSR count). The highest BCUT2D eigenvalue weighted by Crippen LogP contribution is 2.21. The van der Waals surface area contributed by atoms with Gasteiger partial charge in [0.1, 0.15) is 11.9 Å². The fourth-order valence-corrected chi connectivity index (χ4v) is 3.28. The number of hydrogen-bond acceptors (Lipinski definition) is 4. The van der Waals surface area contributed by atoms with E-state index in [0.29, 0.717) is 11.3 Å². The first-order valence-corrected chi connectivity index (χ1v) is 9.61. The van der Waals surface area contributed by atoms with Crippen molar-refractivity contribution in [1.29, 1.82) is 0 Å². The lowest BCUT2D eigenvalue weighted by Crippen LogP contribution is -2.34. The molecule has 2 N–H and O–H groups in total. The van der Waals surface area contributed by atoms with Crippen LogP contribution < -0.4 is 10.6 Å². The molecule has 0 aromatic heterocycles. The average Bonchev–Trinajstić information content (AvgIpc) is 2.69. The van der Waals surface area contributed by atoms with Gasteiger partial charge in [0.25, 0.3) is 5.91 Å². The number of ether oxygens (including phenoxy) is 1. The fourth-order valence-electron chi connectivity index (χ4n) is 3.07. The number of benzene rings is 2. The molecule has 0 bridgehead atoms. The first kappa shape index (κ1) is 19.9. The zero-order valence-electron chi connectivity index (χ0n) is 15.2. The van der Waals surface area contributed by atoms with Crippen molar-refractivity contribution in [2.24, 2.45) is 0 Å². The number of amides is 1. The van der Waals surface area contributed by atoms with Gasteiger partial charge >= 0.3 is 5.97 Å². The first-order chi connectivity index (χ1) is 13.5. The van der Waals surface area contributed by atoms with E-state index in [4.69, 9.17) is 17.0 Å². The topological polar surface area (TPSA) is 67.4 Å². The summed E-state index contributed by atoms with van der Waals surface area (Å²) in [6.07, 6.45) is 5.22. The van der Waals surface area contributed by atoms with Crippen LogP contribution in [-0.2, 0) is 4.74 Å². The van der Waals surface area contributed by atoms with E-state index < -0.39 is 11.7 Å². The Hall–Kier alpha value is -2.80. The summed E-state index contributed by atoms with van der Waals surface area (Å²) >= 11 is 5.09. The molecule has 1 aliphatic carbocycles. The maximum atomic E-state index is 13.6. The molecular formula is C21H21FN2O3S. The molecule has 28 heavy (non-hydrogen) atoms. The highest BCUT2D eigenvalue weighted by molar-refractivity contribution is 7.80. The standard InChI is InChI=1S/C21H21FN2O3S/c22-18-9-5-4-8-17(18)19(25)24-21(28)23-15-12-10-14(11-13-15)20(26)27-16-6-2-1-3-7-16/h4-5,8-13,16H,1-3,6-7H2,(H2,23,24,25,28). The second-order valence-electron chi connectivity index (χ2n) is 6.63. The van der Waals surface area contributed by atoms with Gasteiger partial charge in [-0.3, -0.25) is 10.1 Å². The van der Waals surface area contributed by atoms with Crippen molar-refractivity contribution >= 4 is 34.9 Å². The molecule has 0 radical (unpaired) electrons. The van der Waals surface area contributed by atoms with Crippen molar-refractivity contribution in [3.8, 4) is 0 Å². The van der Waals surface area contributed by atoms with E-state index in [0.717, 1.165) is 25.7 Å². The zero-order valence-corrected chi connectivity index (χ0v) is 16.1. The van der Waals surface area contributed by atoms with E-state index in [1.54, 1.807) is 30.3 Å². The molecule has 1 fully saturated rings. The van der Waals surface area contributed by atoms with Gasteiger partial charge in [0.05, 0.1) is 11.1 Å². The highest BCUT2D eigenvalue weighted by atomic mass is 32.1. The number of carbonyl (C=O) groups is 2. The second kappa shape index (κ2) is 9.41. The van der Waals surface area contributed by atoms with E-state index in [1.807, 2.05) is 0 Å². The van der Waals surface area contributed by atoms with E-state index in [9.17, 15) is 14.0 Å².